The standard InChI is InChI=1S/C11H14ClN3O2S/c12-18(16,17)11-14-13-10(15(11)6-4-5-6)9-7-2-1-3-8(7)9/h6-9H,1-5H2. The molecule has 2 atom stereocenters. The van der Waals surface area contributed by atoms with Crippen LogP contribution in [0.1, 0.15) is 49.9 Å². The lowest BCUT2D eigenvalue weighted by Crippen LogP contribution is -2.08. The summed E-state index contributed by atoms with van der Waals surface area (Å²) in [5.74, 6) is 2.71. The molecule has 0 saturated heterocycles. The summed E-state index contributed by atoms with van der Waals surface area (Å²) in [4.78, 5) is 0. The van der Waals surface area contributed by atoms with Crippen molar-refractivity contribution in [3.8, 4) is 0 Å². The van der Waals surface area contributed by atoms with Crippen LogP contribution in [0.2, 0.25) is 0 Å². The lowest BCUT2D eigenvalue weighted by Gasteiger charge is -2.08. The zero-order chi connectivity index (χ0) is 12.5. The second kappa shape index (κ2) is 3.48. The summed E-state index contributed by atoms with van der Waals surface area (Å²) in [6.45, 7) is 0. The minimum Gasteiger partial charge on any atom is -0.297 e. The molecule has 2 unspecified atom stereocenters. The van der Waals surface area contributed by atoms with Crippen molar-refractivity contribution in [1.82, 2.24) is 14.8 Å². The van der Waals surface area contributed by atoms with Crippen LogP contribution in [0.5, 0.6) is 0 Å². The van der Waals surface area contributed by atoms with Gasteiger partial charge in [0.05, 0.1) is 0 Å². The number of hydrogen-bond acceptors (Lipinski definition) is 4. The van der Waals surface area contributed by atoms with Crippen LogP contribution in [0.25, 0.3) is 0 Å². The molecule has 0 aliphatic heterocycles. The van der Waals surface area contributed by atoms with Gasteiger partial charge < -0.3 is 0 Å². The maximum Gasteiger partial charge on any atom is 0.296 e. The maximum atomic E-state index is 11.5. The van der Waals surface area contributed by atoms with Gasteiger partial charge in [-0.05, 0) is 37.5 Å². The molecule has 1 aromatic rings. The predicted octanol–water partition coefficient (Wildman–Crippen LogP) is 2.05. The van der Waals surface area contributed by atoms with E-state index in [2.05, 4.69) is 10.2 Å². The third-order valence-corrected chi connectivity index (χ3v) is 5.65. The Hall–Kier alpha value is -0.620. The van der Waals surface area contributed by atoms with Gasteiger partial charge in [0.2, 0.25) is 0 Å². The molecule has 3 aliphatic rings. The largest absolute Gasteiger partial charge is 0.297 e. The Labute approximate surface area is 110 Å². The van der Waals surface area contributed by atoms with Gasteiger partial charge in [-0.15, -0.1) is 10.2 Å². The van der Waals surface area contributed by atoms with Crippen LogP contribution in [-0.2, 0) is 9.05 Å². The number of rotatable bonds is 3. The third kappa shape index (κ3) is 1.54. The van der Waals surface area contributed by atoms with Gasteiger partial charge in [-0.3, -0.25) is 4.57 Å². The molecule has 5 nitrogen and oxygen atoms in total. The predicted molar refractivity (Wildman–Crippen MR) is 64.9 cm³/mol. The van der Waals surface area contributed by atoms with Crippen molar-refractivity contribution in [3.05, 3.63) is 5.82 Å². The number of fused-ring (bicyclic) bond motifs is 1. The molecule has 3 saturated carbocycles. The van der Waals surface area contributed by atoms with E-state index in [9.17, 15) is 8.42 Å². The first-order chi connectivity index (χ1) is 8.57. The van der Waals surface area contributed by atoms with Gasteiger partial charge >= 0.3 is 0 Å². The highest BCUT2D eigenvalue weighted by Gasteiger charge is 2.56. The number of halogens is 1. The fourth-order valence-electron chi connectivity index (χ4n) is 3.56. The van der Waals surface area contributed by atoms with Crippen molar-refractivity contribution in [2.45, 2.75) is 49.2 Å². The van der Waals surface area contributed by atoms with Gasteiger partial charge in [0, 0.05) is 22.6 Å². The molecular weight excluding hydrogens is 274 g/mol. The number of hydrogen-bond donors (Lipinski definition) is 0. The van der Waals surface area contributed by atoms with Gasteiger partial charge in [-0.2, -0.15) is 0 Å². The molecule has 0 N–H and O–H groups in total. The van der Waals surface area contributed by atoms with Crippen molar-refractivity contribution in [2.75, 3.05) is 0 Å². The van der Waals surface area contributed by atoms with E-state index in [1.807, 2.05) is 0 Å². The molecule has 98 valence electrons. The van der Waals surface area contributed by atoms with E-state index >= 15 is 0 Å². The highest BCUT2D eigenvalue weighted by atomic mass is 35.7. The number of nitrogens with zero attached hydrogens (tertiary/aromatic N) is 3. The fourth-order valence-corrected chi connectivity index (χ4v) is 4.49. The van der Waals surface area contributed by atoms with Crippen LogP contribution in [0.4, 0.5) is 0 Å². The molecule has 3 fully saturated rings. The van der Waals surface area contributed by atoms with Crippen LogP contribution in [0.15, 0.2) is 5.16 Å². The first-order valence-electron chi connectivity index (χ1n) is 6.47. The highest BCUT2D eigenvalue weighted by Crippen LogP contribution is 2.63. The Morgan fingerprint density at radius 2 is 1.78 bits per heavy atom. The Kier molecular flexibility index (Phi) is 2.17. The van der Waals surface area contributed by atoms with E-state index in [0.29, 0.717) is 17.8 Å². The third-order valence-electron chi connectivity index (χ3n) is 4.53. The average Bonchev–Trinajstić information content (AvgIpc) is 3.16. The van der Waals surface area contributed by atoms with E-state index in [0.717, 1.165) is 18.7 Å². The van der Waals surface area contributed by atoms with Crippen LogP contribution < -0.4 is 0 Å². The van der Waals surface area contributed by atoms with E-state index in [4.69, 9.17) is 10.7 Å². The Morgan fingerprint density at radius 1 is 1.11 bits per heavy atom. The smallest absolute Gasteiger partial charge is 0.296 e. The summed E-state index contributed by atoms with van der Waals surface area (Å²) in [5.41, 5.74) is 0. The summed E-state index contributed by atoms with van der Waals surface area (Å²) < 4.78 is 24.9. The van der Waals surface area contributed by atoms with Gasteiger partial charge in [0.15, 0.2) is 0 Å². The summed E-state index contributed by atoms with van der Waals surface area (Å²) in [6, 6.07) is 0.250. The normalized spacial score (nSPS) is 34.6. The van der Waals surface area contributed by atoms with Crippen molar-refractivity contribution in [3.63, 3.8) is 0 Å². The molecule has 0 radical (unpaired) electrons. The molecule has 7 heteroatoms. The van der Waals surface area contributed by atoms with Crippen molar-refractivity contribution >= 4 is 19.7 Å². The Balaban J connectivity index is 1.78. The van der Waals surface area contributed by atoms with Crippen LogP contribution >= 0.6 is 10.7 Å². The quantitative estimate of drug-likeness (QED) is 0.798. The van der Waals surface area contributed by atoms with Gasteiger partial charge in [0.25, 0.3) is 14.2 Å². The summed E-state index contributed by atoms with van der Waals surface area (Å²) in [6.07, 6.45) is 5.80. The van der Waals surface area contributed by atoms with Crippen molar-refractivity contribution < 1.29 is 8.42 Å². The van der Waals surface area contributed by atoms with E-state index < -0.39 is 9.05 Å². The Bertz CT molecular complexity index is 598. The van der Waals surface area contributed by atoms with Gasteiger partial charge in [-0.1, -0.05) is 6.42 Å². The molecule has 0 aromatic carbocycles. The van der Waals surface area contributed by atoms with E-state index in [1.54, 1.807) is 4.57 Å². The zero-order valence-corrected chi connectivity index (χ0v) is 11.4. The highest BCUT2D eigenvalue weighted by molar-refractivity contribution is 8.13. The molecule has 18 heavy (non-hydrogen) atoms. The van der Waals surface area contributed by atoms with Crippen LogP contribution in [0.3, 0.4) is 0 Å². The lowest BCUT2D eigenvalue weighted by molar-refractivity contribution is 0.556. The zero-order valence-electron chi connectivity index (χ0n) is 9.79. The fraction of sp³-hybridized carbons (Fsp3) is 0.818. The second-order valence-electron chi connectivity index (χ2n) is 5.66. The lowest BCUT2D eigenvalue weighted by atomic mass is 10.1. The van der Waals surface area contributed by atoms with Crippen LogP contribution in [0, 0.1) is 11.8 Å². The summed E-state index contributed by atoms with van der Waals surface area (Å²) in [5, 5.41) is 7.92. The molecule has 0 amide bonds. The minimum atomic E-state index is -3.79. The molecule has 1 heterocycles. The van der Waals surface area contributed by atoms with Crippen molar-refractivity contribution in [1.29, 1.82) is 0 Å². The van der Waals surface area contributed by atoms with Crippen LogP contribution in [-0.4, -0.2) is 23.2 Å². The Morgan fingerprint density at radius 3 is 2.33 bits per heavy atom. The molecular formula is C11H14ClN3O2S. The SMILES string of the molecule is O=S(=O)(Cl)c1nnc(C2C3CCCC32)n1C1CC1. The first kappa shape index (κ1) is 11.2. The first-order valence-corrected chi connectivity index (χ1v) is 8.78. The van der Waals surface area contributed by atoms with Crippen molar-refractivity contribution in [2.24, 2.45) is 11.8 Å². The summed E-state index contributed by atoms with van der Waals surface area (Å²) in [7, 11) is 1.66. The molecule has 0 bridgehead atoms. The molecule has 4 rings (SSSR count). The minimum absolute atomic E-state index is 0.0494. The van der Waals surface area contributed by atoms with Gasteiger partial charge in [-0.25, -0.2) is 8.42 Å². The maximum absolute atomic E-state index is 11.5. The topological polar surface area (TPSA) is 64.8 Å². The monoisotopic (exact) mass is 287 g/mol. The van der Waals surface area contributed by atoms with Gasteiger partial charge in [0.1, 0.15) is 5.82 Å². The average molecular weight is 288 g/mol. The van der Waals surface area contributed by atoms with E-state index in [1.165, 1.54) is 19.3 Å². The molecule has 3 aliphatic carbocycles. The molecule has 0 spiro atoms. The number of aromatic nitrogens is 3. The second-order valence-corrected chi connectivity index (χ2v) is 8.12. The summed E-state index contributed by atoms with van der Waals surface area (Å²) >= 11 is 0. The van der Waals surface area contributed by atoms with E-state index in [-0.39, 0.29) is 11.2 Å². The molecule has 1 aromatic heterocycles.